The maximum atomic E-state index is 13.1. The number of benzene rings is 1. The standard InChI is InChI=1S/C23H29N3O6S/c1-14-8-9-17(12-19(14)33(30,31)26-10-6-5-7-11-26)24-20(28)13-18-21(23(29)32-4)15(2)22(25-18)16(3)27/h8-9,12,25H,5-7,10-11,13H2,1-4H3,(H,24,28). The van der Waals surface area contributed by atoms with Crippen LogP contribution in [0.15, 0.2) is 23.1 Å². The van der Waals surface area contributed by atoms with Crippen molar-refractivity contribution >= 4 is 33.4 Å². The van der Waals surface area contributed by atoms with Crippen LogP contribution in [0.3, 0.4) is 0 Å². The van der Waals surface area contributed by atoms with Gasteiger partial charge in [-0.2, -0.15) is 4.31 Å². The van der Waals surface area contributed by atoms with Crippen molar-refractivity contribution in [2.24, 2.45) is 0 Å². The molecule has 1 aromatic heterocycles. The molecule has 0 saturated carbocycles. The number of nitrogens with one attached hydrogen (secondary N) is 2. The summed E-state index contributed by atoms with van der Waals surface area (Å²) >= 11 is 0. The zero-order valence-electron chi connectivity index (χ0n) is 19.3. The van der Waals surface area contributed by atoms with Gasteiger partial charge in [0.2, 0.25) is 15.9 Å². The number of Topliss-reactive ketones (excluding diaryl/α,β-unsaturated/α-hetero) is 1. The van der Waals surface area contributed by atoms with E-state index in [4.69, 9.17) is 4.74 Å². The highest BCUT2D eigenvalue weighted by molar-refractivity contribution is 7.89. The summed E-state index contributed by atoms with van der Waals surface area (Å²) in [5.74, 6) is -1.39. The molecular formula is C23H29N3O6S. The fourth-order valence-electron chi connectivity index (χ4n) is 4.09. The van der Waals surface area contributed by atoms with Gasteiger partial charge in [0, 0.05) is 31.4 Å². The van der Waals surface area contributed by atoms with Gasteiger partial charge in [-0.25, -0.2) is 13.2 Å². The fourth-order valence-corrected chi connectivity index (χ4v) is 5.86. The van der Waals surface area contributed by atoms with E-state index in [1.165, 1.54) is 24.4 Å². The Morgan fingerprint density at radius 1 is 1.12 bits per heavy atom. The lowest BCUT2D eigenvalue weighted by molar-refractivity contribution is -0.115. The van der Waals surface area contributed by atoms with Gasteiger partial charge in [0.1, 0.15) is 0 Å². The van der Waals surface area contributed by atoms with E-state index < -0.39 is 21.9 Å². The number of ketones is 1. The van der Waals surface area contributed by atoms with Gasteiger partial charge in [-0.3, -0.25) is 9.59 Å². The molecule has 33 heavy (non-hydrogen) atoms. The summed E-state index contributed by atoms with van der Waals surface area (Å²) in [5, 5.41) is 2.70. The Morgan fingerprint density at radius 3 is 2.39 bits per heavy atom. The molecule has 1 aromatic carbocycles. The Bertz CT molecular complexity index is 1190. The van der Waals surface area contributed by atoms with Crippen LogP contribution in [0.5, 0.6) is 0 Å². The molecule has 0 radical (unpaired) electrons. The molecule has 2 N–H and O–H groups in total. The molecule has 3 rings (SSSR count). The topological polar surface area (TPSA) is 126 Å². The van der Waals surface area contributed by atoms with Gasteiger partial charge >= 0.3 is 5.97 Å². The molecule has 9 nitrogen and oxygen atoms in total. The SMILES string of the molecule is COC(=O)c1c(CC(=O)Nc2ccc(C)c(S(=O)(=O)N3CCCCC3)c2)[nH]c(C(C)=O)c1C. The van der Waals surface area contributed by atoms with Crippen molar-refractivity contribution in [1.82, 2.24) is 9.29 Å². The Hall–Kier alpha value is -2.98. The van der Waals surface area contributed by atoms with E-state index in [0.29, 0.717) is 29.9 Å². The van der Waals surface area contributed by atoms with Crippen LogP contribution in [-0.4, -0.2) is 55.6 Å². The first-order valence-electron chi connectivity index (χ1n) is 10.8. The second kappa shape index (κ2) is 9.88. The lowest BCUT2D eigenvalue weighted by Gasteiger charge is -2.26. The number of hydrogen-bond donors (Lipinski definition) is 2. The third-order valence-electron chi connectivity index (χ3n) is 5.81. The number of amides is 1. The summed E-state index contributed by atoms with van der Waals surface area (Å²) < 4.78 is 32.5. The fraction of sp³-hybridized carbons (Fsp3) is 0.435. The van der Waals surface area contributed by atoms with Gasteiger partial charge in [-0.1, -0.05) is 12.5 Å². The van der Waals surface area contributed by atoms with Crippen molar-refractivity contribution in [2.45, 2.75) is 51.3 Å². The molecule has 0 aliphatic carbocycles. The largest absolute Gasteiger partial charge is 0.465 e. The summed E-state index contributed by atoms with van der Waals surface area (Å²) in [5.41, 5.74) is 1.99. The third-order valence-corrected chi connectivity index (χ3v) is 7.85. The zero-order chi connectivity index (χ0) is 24.3. The molecule has 2 heterocycles. The molecule has 1 aliphatic rings. The average molecular weight is 476 g/mol. The van der Waals surface area contributed by atoms with E-state index >= 15 is 0 Å². The van der Waals surface area contributed by atoms with E-state index in [2.05, 4.69) is 10.3 Å². The normalized spacial score (nSPS) is 14.7. The molecule has 0 atom stereocenters. The molecule has 10 heteroatoms. The van der Waals surface area contributed by atoms with Crippen molar-refractivity contribution in [3.8, 4) is 0 Å². The number of H-pyrrole nitrogens is 1. The Kier molecular flexibility index (Phi) is 7.38. The van der Waals surface area contributed by atoms with Crippen molar-refractivity contribution in [3.05, 3.63) is 46.3 Å². The number of carbonyl (C=O) groups excluding carboxylic acids is 3. The first-order valence-corrected chi connectivity index (χ1v) is 12.2. The summed E-state index contributed by atoms with van der Waals surface area (Å²) in [6.07, 6.45) is 2.45. The maximum absolute atomic E-state index is 13.1. The number of aryl methyl sites for hydroxylation is 1. The highest BCUT2D eigenvalue weighted by Gasteiger charge is 2.28. The lowest BCUT2D eigenvalue weighted by atomic mass is 10.1. The Balaban J connectivity index is 1.85. The zero-order valence-corrected chi connectivity index (χ0v) is 20.1. The molecule has 1 amide bonds. The number of piperidine rings is 1. The van der Waals surface area contributed by atoms with Crippen LogP contribution in [0.4, 0.5) is 5.69 Å². The highest BCUT2D eigenvalue weighted by Crippen LogP contribution is 2.26. The summed E-state index contributed by atoms with van der Waals surface area (Å²) in [6.45, 7) is 5.66. The van der Waals surface area contributed by atoms with Crippen LogP contribution in [0.25, 0.3) is 0 Å². The minimum Gasteiger partial charge on any atom is -0.465 e. The molecule has 1 saturated heterocycles. The second-order valence-corrected chi connectivity index (χ2v) is 10.1. The van der Waals surface area contributed by atoms with E-state index in [-0.39, 0.29) is 34.1 Å². The van der Waals surface area contributed by atoms with E-state index in [9.17, 15) is 22.8 Å². The minimum absolute atomic E-state index is 0.148. The first-order chi connectivity index (χ1) is 15.6. The smallest absolute Gasteiger partial charge is 0.339 e. The number of anilines is 1. The maximum Gasteiger partial charge on any atom is 0.339 e. The number of aromatic nitrogens is 1. The minimum atomic E-state index is -3.67. The van der Waals surface area contributed by atoms with Crippen LogP contribution >= 0.6 is 0 Å². The number of sulfonamides is 1. The van der Waals surface area contributed by atoms with Gasteiger partial charge < -0.3 is 15.0 Å². The Labute approximate surface area is 193 Å². The van der Waals surface area contributed by atoms with E-state index in [1.54, 1.807) is 26.0 Å². The number of aromatic amines is 1. The van der Waals surface area contributed by atoms with Crippen molar-refractivity contribution in [1.29, 1.82) is 0 Å². The number of hydrogen-bond acceptors (Lipinski definition) is 6. The van der Waals surface area contributed by atoms with Gasteiger partial charge in [0.15, 0.2) is 5.78 Å². The van der Waals surface area contributed by atoms with Gasteiger partial charge in [-0.15, -0.1) is 0 Å². The lowest BCUT2D eigenvalue weighted by Crippen LogP contribution is -2.36. The summed E-state index contributed by atoms with van der Waals surface area (Å²) in [4.78, 5) is 39.9. The predicted molar refractivity (Wildman–Crippen MR) is 123 cm³/mol. The van der Waals surface area contributed by atoms with Gasteiger partial charge in [0.05, 0.1) is 29.7 Å². The average Bonchev–Trinajstić information content (AvgIpc) is 3.10. The molecule has 0 spiro atoms. The van der Waals surface area contributed by atoms with Crippen LogP contribution in [0.1, 0.15) is 63.9 Å². The molecule has 1 fully saturated rings. The van der Waals surface area contributed by atoms with Crippen molar-refractivity contribution in [2.75, 3.05) is 25.5 Å². The van der Waals surface area contributed by atoms with Crippen LogP contribution in [-0.2, 0) is 26.0 Å². The predicted octanol–water partition coefficient (Wildman–Crippen LogP) is 2.98. The quantitative estimate of drug-likeness (QED) is 0.468. The molecule has 0 bridgehead atoms. The van der Waals surface area contributed by atoms with E-state index in [1.807, 2.05) is 0 Å². The second-order valence-electron chi connectivity index (χ2n) is 8.20. The summed E-state index contributed by atoms with van der Waals surface area (Å²) in [7, 11) is -2.44. The number of carbonyl (C=O) groups is 3. The molecule has 1 aliphatic heterocycles. The van der Waals surface area contributed by atoms with Crippen molar-refractivity contribution in [3.63, 3.8) is 0 Å². The van der Waals surface area contributed by atoms with Gasteiger partial charge in [-0.05, 0) is 49.9 Å². The summed E-state index contributed by atoms with van der Waals surface area (Å²) in [6, 6.07) is 4.74. The monoisotopic (exact) mass is 475 g/mol. The number of esters is 1. The van der Waals surface area contributed by atoms with Gasteiger partial charge in [0.25, 0.3) is 0 Å². The van der Waals surface area contributed by atoms with Crippen molar-refractivity contribution < 1.29 is 27.5 Å². The molecular weight excluding hydrogens is 446 g/mol. The van der Waals surface area contributed by atoms with Crippen LogP contribution < -0.4 is 5.32 Å². The number of ether oxygens (including phenoxy) is 1. The molecule has 178 valence electrons. The van der Waals surface area contributed by atoms with Crippen LogP contribution in [0.2, 0.25) is 0 Å². The third kappa shape index (κ3) is 5.17. The Morgan fingerprint density at radius 2 is 1.79 bits per heavy atom. The molecule has 2 aromatic rings. The number of rotatable bonds is 7. The molecule has 0 unspecified atom stereocenters. The first kappa shape index (κ1) is 24.7. The number of nitrogens with zero attached hydrogens (tertiary/aromatic N) is 1. The number of methoxy groups -OCH3 is 1. The highest BCUT2D eigenvalue weighted by atomic mass is 32.2. The van der Waals surface area contributed by atoms with E-state index in [0.717, 1.165) is 19.3 Å². The van der Waals surface area contributed by atoms with Crippen LogP contribution in [0, 0.1) is 13.8 Å².